The summed E-state index contributed by atoms with van der Waals surface area (Å²) in [6, 6.07) is 0. The van der Waals surface area contributed by atoms with Crippen molar-refractivity contribution in [2.24, 2.45) is 28.6 Å². The van der Waals surface area contributed by atoms with Crippen LogP contribution in [0.2, 0.25) is 0 Å². The molecule has 8 nitrogen and oxygen atoms in total. The first-order valence-electron chi connectivity index (χ1n) is 10.8. The third-order valence-corrected chi connectivity index (χ3v) is 9.45. The minimum Gasteiger partial charge on any atom is -0.790 e. The number of hydrogen-bond acceptors (Lipinski definition) is 8. The maximum absolute atomic E-state index is 17.0. The molecule has 178 valence electrons. The van der Waals surface area contributed by atoms with E-state index in [0.29, 0.717) is 18.4 Å². The number of fused-ring (bicyclic) bond motifs is 5. The van der Waals surface area contributed by atoms with E-state index in [9.17, 15) is 34.2 Å². The maximum Gasteiger partial charge on any atom is 0.191 e. The number of Topliss-reactive ketones (excluding diaryl/α,β-unsaturated/α-hetero) is 1. The molecule has 0 aliphatic heterocycles. The van der Waals surface area contributed by atoms with Crippen LogP contribution in [0.5, 0.6) is 0 Å². The average molecular weight is 470 g/mol. The molecule has 3 fully saturated rings. The van der Waals surface area contributed by atoms with Crippen molar-refractivity contribution >= 4 is 19.4 Å². The Labute approximate surface area is 185 Å². The minimum atomic E-state index is -5.43. The fourth-order valence-corrected chi connectivity index (χ4v) is 7.66. The largest absolute Gasteiger partial charge is 0.790 e. The van der Waals surface area contributed by atoms with Gasteiger partial charge in [-0.1, -0.05) is 25.5 Å². The van der Waals surface area contributed by atoms with Crippen molar-refractivity contribution in [3.63, 3.8) is 0 Å². The molecule has 0 unspecified atom stereocenters. The number of rotatable bonds is 4. The number of carbonyl (C=O) groups is 2. The van der Waals surface area contributed by atoms with E-state index in [2.05, 4.69) is 4.52 Å². The standard InChI is InChI=1S/C22H30FO8P/c1-12-8-16-15-5-4-13-9-14(24)6-7-19(13,2)21(15,23)17(25)10-20(16,3)22(12,27)18(26)11-31-32(28,29)30/h6-7,9,12,15-17,25,27H,4-5,8,10-11H2,1-3H3,(H2,28,29,30)/p-2/t12-,15+,16-,17-,19+,20+,21+,22+/m1/s1. The summed E-state index contributed by atoms with van der Waals surface area (Å²) in [6.07, 6.45) is 3.54. The van der Waals surface area contributed by atoms with E-state index in [1.54, 1.807) is 20.8 Å². The van der Waals surface area contributed by atoms with Crippen LogP contribution < -0.4 is 9.79 Å². The molecule has 4 aliphatic carbocycles. The topological polar surface area (TPSA) is 147 Å². The van der Waals surface area contributed by atoms with E-state index in [1.165, 1.54) is 18.2 Å². The summed E-state index contributed by atoms with van der Waals surface area (Å²) in [4.78, 5) is 46.6. The summed E-state index contributed by atoms with van der Waals surface area (Å²) < 4.78 is 32.0. The second kappa shape index (κ2) is 7.14. The molecule has 3 saturated carbocycles. The first-order chi connectivity index (χ1) is 14.6. The van der Waals surface area contributed by atoms with Crippen molar-refractivity contribution in [2.45, 2.75) is 63.8 Å². The van der Waals surface area contributed by atoms with Crippen LogP contribution in [-0.4, -0.2) is 45.8 Å². The molecule has 0 heterocycles. The lowest BCUT2D eigenvalue weighted by atomic mass is 9.44. The summed E-state index contributed by atoms with van der Waals surface area (Å²) >= 11 is 0. The number of phosphoric ester groups is 1. The van der Waals surface area contributed by atoms with E-state index >= 15 is 4.39 Å². The predicted molar refractivity (Wildman–Crippen MR) is 106 cm³/mol. The Balaban J connectivity index is 1.74. The maximum atomic E-state index is 17.0. The fourth-order valence-electron chi connectivity index (χ4n) is 7.39. The lowest BCUT2D eigenvalue weighted by Gasteiger charge is -2.62. The molecule has 0 aromatic carbocycles. The number of halogens is 1. The molecular weight excluding hydrogens is 442 g/mol. The van der Waals surface area contributed by atoms with Gasteiger partial charge in [-0.3, -0.25) is 9.59 Å². The zero-order chi connectivity index (χ0) is 23.9. The first kappa shape index (κ1) is 23.9. The molecule has 4 aliphatic rings. The van der Waals surface area contributed by atoms with Gasteiger partial charge in [-0.2, -0.15) is 0 Å². The second-order valence-corrected chi connectivity index (χ2v) is 11.5. The summed E-state index contributed by atoms with van der Waals surface area (Å²) in [5.74, 6) is -3.06. The van der Waals surface area contributed by atoms with Gasteiger partial charge in [0.1, 0.15) is 12.2 Å². The van der Waals surface area contributed by atoms with Gasteiger partial charge in [-0.15, -0.1) is 0 Å². The molecule has 2 N–H and O–H groups in total. The van der Waals surface area contributed by atoms with E-state index < -0.39 is 66.2 Å². The summed E-state index contributed by atoms with van der Waals surface area (Å²) in [7, 11) is -5.43. The van der Waals surface area contributed by atoms with Crippen LogP contribution in [0.4, 0.5) is 4.39 Å². The van der Waals surface area contributed by atoms with E-state index in [0.717, 1.165) is 0 Å². The SMILES string of the molecule is C[C@@H]1C[C@@H]2[C@@H]3CCC4=CC(=O)C=C[C@]4(C)[C@@]3(F)[C@H](O)C[C@]2(C)[C@@]1(O)C(=O)COP(=O)([O-])[O-]. The fraction of sp³-hybridized carbons (Fsp3) is 0.727. The van der Waals surface area contributed by atoms with Gasteiger partial charge in [0, 0.05) is 16.7 Å². The highest BCUT2D eigenvalue weighted by molar-refractivity contribution is 7.43. The Kier molecular flexibility index (Phi) is 5.34. The molecule has 10 heteroatoms. The molecule has 8 atom stereocenters. The number of aliphatic hydroxyl groups is 2. The van der Waals surface area contributed by atoms with Crippen molar-refractivity contribution in [2.75, 3.05) is 6.61 Å². The van der Waals surface area contributed by atoms with Crippen molar-refractivity contribution in [3.8, 4) is 0 Å². The molecule has 0 bridgehead atoms. The molecule has 0 aromatic heterocycles. The first-order valence-corrected chi connectivity index (χ1v) is 12.3. The quantitative estimate of drug-likeness (QED) is 0.572. The third kappa shape index (κ3) is 2.95. The van der Waals surface area contributed by atoms with Gasteiger partial charge < -0.3 is 29.1 Å². The summed E-state index contributed by atoms with van der Waals surface area (Å²) in [5, 5.41) is 22.8. The number of alkyl halides is 1. The molecule has 0 aromatic rings. The van der Waals surface area contributed by atoms with E-state index in [1.807, 2.05) is 0 Å². The zero-order valence-electron chi connectivity index (χ0n) is 18.2. The Bertz CT molecular complexity index is 973. The number of ketones is 2. The average Bonchev–Trinajstić information content (AvgIpc) is 2.89. The van der Waals surface area contributed by atoms with Crippen molar-refractivity contribution in [1.82, 2.24) is 0 Å². The minimum absolute atomic E-state index is 0.224. The molecular formula is C22H28FO8P-2. The highest BCUT2D eigenvalue weighted by Gasteiger charge is 2.75. The van der Waals surface area contributed by atoms with Gasteiger partial charge in [0.15, 0.2) is 17.2 Å². The second-order valence-electron chi connectivity index (χ2n) is 10.3. The van der Waals surface area contributed by atoms with Crippen molar-refractivity contribution in [1.29, 1.82) is 0 Å². The molecule has 32 heavy (non-hydrogen) atoms. The van der Waals surface area contributed by atoms with E-state index in [-0.39, 0.29) is 18.6 Å². The highest BCUT2D eigenvalue weighted by Crippen LogP contribution is 2.70. The van der Waals surface area contributed by atoms with Crippen LogP contribution in [0.25, 0.3) is 0 Å². The number of aliphatic hydroxyl groups excluding tert-OH is 1. The van der Waals surface area contributed by atoms with Gasteiger partial charge >= 0.3 is 0 Å². The summed E-state index contributed by atoms with van der Waals surface area (Å²) in [6.45, 7) is 3.80. The number of allylic oxidation sites excluding steroid dienone is 4. The number of carbonyl (C=O) groups excluding carboxylic acids is 2. The Morgan fingerprint density at radius 3 is 2.62 bits per heavy atom. The van der Waals surface area contributed by atoms with Crippen LogP contribution >= 0.6 is 7.82 Å². The van der Waals surface area contributed by atoms with Crippen molar-refractivity contribution < 1.29 is 43.1 Å². The lowest BCUT2D eigenvalue weighted by molar-refractivity contribution is -0.341. The molecule has 4 rings (SSSR count). The van der Waals surface area contributed by atoms with Gasteiger partial charge in [-0.05, 0) is 56.6 Å². The monoisotopic (exact) mass is 470 g/mol. The third-order valence-electron chi connectivity index (χ3n) is 9.00. The Morgan fingerprint density at radius 1 is 1.34 bits per heavy atom. The van der Waals surface area contributed by atoms with Crippen LogP contribution in [0.3, 0.4) is 0 Å². The smallest absolute Gasteiger partial charge is 0.191 e. The number of hydrogen-bond donors (Lipinski definition) is 2. The molecule has 0 spiro atoms. The highest BCUT2D eigenvalue weighted by atomic mass is 31.2. The Hall–Kier alpha value is -1.22. The van der Waals surface area contributed by atoms with Gasteiger partial charge in [-0.25, -0.2) is 4.39 Å². The van der Waals surface area contributed by atoms with Crippen LogP contribution in [0.1, 0.15) is 46.5 Å². The Morgan fingerprint density at radius 2 is 2.00 bits per heavy atom. The molecule has 0 saturated heterocycles. The van der Waals surface area contributed by atoms with Gasteiger partial charge in [0.2, 0.25) is 0 Å². The van der Waals surface area contributed by atoms with Gasteiger partial charge in [0.05, 0.1) is 13.9 Å². The number of phosphoric acid groups is 1. The van der Waals surface area contributed by atoms with E-state index in [4.69, 9.17) is 0 Å². The molecule has 0 radical (unpaired) electrons. The normalized spacial score (nSPS) is 48.0. The van der Waals surface area contributed by atoms with Crippen LogP contribution in [0, 0.1) is 28.6 Å². The van der Waals surface area contributed by atoms with Crippen LogP contribution in [0.15, 0.2) is 23.8 Å². The zero-order valence-corrected chi connectivity index (χ0v) is 19.1. The predicted octanol–water partition coefficient (Wildman–Crippen LogP) is 0.749. The summed E-state index contributed by atoms with van der Waals surface area (Å²) in [5.41, 5.74) is -6.03. The lowest BCUT2D eigenvalue weighted by Crippen LogP contribution is -2.69. The van der Waals surface area contributed by atoms with Crippen molar-refractivity contribution in [3.05, 3.63) is 23.8 Å². The van der Waals surface area contributed by atoms with Gasteiger partial charge in [0.25, 0.3) is 0 Å². The van der Waals surface area contributed by atoms with Crippen LogP contribution in [-0.2, 0) is 18.7 Å². The molecule has 0 amide bonds.